The summed E-state index contributed by atoms with van der Waals surface area (Å²) in [5.74, 6) is -0.585. The van der Waals surface area contributed by atoms with Crippen molar-refractivity contribution in [1.29, 1.82) is 0 Å². The highest BCUT2D eigenvalue weighted by atomic mass is 19.4. The minimum Gasteiger partial charge on any atom is -0.383 e. The fraction of sp³-hybridized carbons (Fsp3) is 0.235. The van der Waals surface area contributed by atoms with Crippen molar-refractivity contribution in [3.63, 3.8) is 0 Å². The number of carbonyl (C=O) groups excluding carboxylic acids is 1. The van der Waals surface area contributed by atoms with Crippen LogP contribution in [0.15, 0.2) is 48.5 Å². The number of halogens is 3. The minimum atomic E-state index is -4.47. The van der Waals surface area contributed by atoms with E-state index in [1.54, 1.807) is 18.2 Å². The molecule has 0 radical (unpaired) electrons. The monoisotopic (exact) mass is 322 g/mol. The molecule has 2 N–H and O–H groups in total. The van der Waals surface area contributed by atoms with E-state index in [0.717, 1.165) is 17.8 Å². The first-order valence-electron chi connectivity index (χ1n) is 7.11. The predicted octanol–water partition coefficient (Wildman–Crippen LogP) is 4.78. The van der Waals surface area contributed by atoms with Crippen LogP contribution in [0.5, 0.6) is 0 Å². The van der Waals surface area contributed by atoms with E-state index in [1.807, 2.05) is 19.9 Å². The van der Waals surface area contributed by atoms with Gasteiger partial charge in [-0.1, -0.05) is 12.1 Å². The molecule has 1 amide bonds. The van der Waals surface area contributed by atoms with Crippen molar-refractivity contribution in [2.24, 2.45) is 0 Å². The molecule has 2 aromatic carbocycles. The fourth-order valence-electron chi connectivity index (χ4n) is 2.06. The van der Waals surface area contributed by atoms with E-state index >= 15 is 0 Å². The number of benzene rings is 2. The molecule has 0 fully saturated rings. The van der Waals surface area contributed by atoms with Crippen LogP contribution in [-0.4, -0.2) is 11.9 Å². The van der Waals surface area contributed by atoms with Gasteiger partial charge in [-0.3, -0.25) is 4.79 Å². The van der Waals surface area contributed by atoms with Gasteiger partial charge in [-0.2, -0.15) is 13.2 Å². The summed E-state index contributed by atoms with van der Waals surface area (Å²) in [5, 5.41) is 5.79. The van der Waals surface area contributed by atoms with Crippen molar-refractivity contribution in [1.82, 2.24) is 0 Å². The van der Waals surface area contributed by atoms with Crippen molar-refractivity contribution < 1.29 is 18.0 Å². The molecule has 2 rings (SSSR count). The highest BCUT2D eigenvalue weighted by Gasteiger charge is 2.30. The molecule has 0 heterocycles. The molecule has 2 aromatic rings. The quantitative estimate of drug-likeness (QED) is 0.850. The van der Waals surface area contributed by atoms with Gasteiger partial charge in [0.25, 0.3) is 5.91 Å². The number of alkyl halides is 3. The molecule has 0 aliphatic rings. The summed E-state index contributed by atoms with van der Waals surface area (Å²) in [6.07, 6.45) is -4.47. The van der Waals surface area contributed by atoms with Crippen LogP contribution < -0.4 is 10.6 Å². The molecule has 0 aliphatic carbocycles. The Morgan fingerprint density at radius 2 is 1.65 bits per heavy atom. The van der Waals surface area contributed by atoms with Gasteiger partial charge in [-0.05, 0) is 50.2 Å². The Bertz CT molecular complexity index is 696. The number of nitrogens with one attached hydrogen (secondary N) is 2. The average molecular weight is 322 g/mol. The van der Waals surface area contributed by atoms with Gasteiger partial charge in [0.2, 0.25) is 0 Å². The molecule has 3 nitrogen and oxygen atoms in total. The van der Waals surface area contributed by atoms with Crippen molar-refractivity contribution in [2.45, 2.75) is 26.1 Å². The van der Waals surface area contributed by atoms with Crippen LogP contribution in [-0.2, 0) is 6.18 Å². The van der Waals surface area contributed by atoms with Crippen molar-refractivity contribution in [3.8, 4) is 0 Å². The first kappa shape index (κ1) is 16.9. The Labute approximate surface area is 132 Å². The van der Waals surface area contributed by atoms with E-state index in [4.69, 9.17) is 0 Å². The van der Waals surface area contributed by atoms with E-state index in [0.29, 0.717) is 5.69 Å². The lowest BCUT2D eigenvalue weighted by molar-refractivity contribution is -0.137. The second-order valence-electron chi connectivity index (χ2n) is 5.41. The lowest BCUT2D eigenvalue weighted by Crippen LogP contribution is -2.14. The largest absolute Gasteiger partial charge is 0.416 e. The second-order valence-corrected chi connectivity index (χ2v) is 5.41. The average Bonchev–Trinajstić information content (AvgIpc) is 2.46. The van der Waals surface area contributed by atoms with Crippen LogP contribution >= 0.6 is 0 Å². The summed E-state index contributed by atoms with van der Waals surface area (Å²) in [5.41, 5.74) is 0.447. The third-order valence-corrected chi connectivity index (χ3v) is 3.03. The number of hydrogen-bond donors (Lipinski definition) is 2. The molecular formula is C17H17F3N2O. The van der Waals surface area contributed by atoms with Crippen LogP contribution in [0.2, 0.25) is 0 Å². The third-order valence-electron chi connectivity index (χ3n) is 3.03. The van der Waals surface area contributed by atoms with Gasteiger partial charge >= 0.3 is 6.18 Å². The molecule has 0 aromatic heterocycles. The van der Waals surface area contributed by atoms with Gasteiger partial charge in [0.1, 0.15) is 0 Å². The van der Waals surface area contributed by atoms with Gasteiger partial charge < -0.3 is 10.6 Å². The Kier molecular flexibility index (Phi) is 4.93. The lowest BCUT2D eigenvalue weighted by atomic mass is 10.1. The standard InChI is InChI=1S/C17H17F3N2O/c1-11(2)21-14-7-4-8-15(10-14)22-16(23)12-5-3-6-13(9-12)17(18,19)20/h3-11,21H,1-2H3,(H,22,23). The third kappa shape index (κ3) is 4.74. The number of hydrogen-bond acceptors (Lipinski definition) is 2. The number of rotatable bonds is 4. The lowest BCUT2D eigenvalue weighted by Gasteiger charge is -2.12. The topological polar surface area (TPSA) is 41.1 Å². The smallest absolute Gasteiger partial charge is 0.383 e. The van der Waals surface area contributed by atoms with Crippen LogP contribution in [0.3, 0.4) is 0 Å². The Morgan fingerprint density at radius 1 is 1.00 bits per heavy atom. The van der Waals surface area contributed by atoms with Crippen molar-refractivity contribution >= 4 is 17.3 Å². The zero-order valence-corrected chi connectivity index (χ0v) is 12.7. The molecule has 0 spiro atoms. The summed E-state index contributed by atoms with van der Waals surface area (Å²) < 4.78 is 38.1. The van der Waals surface area contributed by atoms with Crippen LogP contribution in [0.4, 0.5) is 24.5 Å². The minimum absolute atomic E-state index is 0.0398. The Balaban J connectivity index is 2.16. The molecular weight excluding hydrogens is 305 g/mol. The van der Waals surface area contributed by atoms with Gasteiger partial charge in [-0.25, -0.2) is 0 Å². The molecule has 0 aliphatic heterocycles. The Hall–Kier alpha value is -2.50. The zero-order valence-electron chi connectivity index (χ0n) is 12.7. The number of anilines is 2. The van der Waals surface area contributed by atoms with Gasteiger partial charge in [0, 0.05) is 23.0 Å². The van der Waals surface area contributed by atoms with Crippen LogP contribution in [0.25, 0.3) is 0 Å². The summed E-state index contributed by atoms with van der Waals surface area (Å²) in [6.45, 7) is 3.96. The van der Waals surface area contributed by atoms with Gasteiger partial charge in [0.15, 0.2) is 0 Å². The molecule has 0 unspecified atom stereocenters. The normalized spacial score (nSPS) is 11.4. The highest BCUT2D eigenvalue weighted by Crippen LogP contribution is 2.29. The van der Waals surface area contributed by atoms with E-state index in [2.05, 4.69) is 10.6 Å². The molecule has 0 bridgehead atoms. The van der Waals surface area contributed by atoms with E-state index < -0.39 is 17.6 Å². The first-order chi connectivity index (χ1) is 10.8. The summed E-state index contributed by atoms with van der Waals surface area (Å²) in [4.78, 5) is 12.1. The number of carbonyl (C=O) groups is 1. The van der Waals surface area contributed by atoms with Gasteiger partial charge in [0.05, 0.1) is 5.56 Å². The predicted molar refractivity (Wildman–Crippen MR) is 84.6 cm³/mol. The maximum atomic E-state index is 12.7. The summed E-state index contributed by atoms with van der Waals surface area (Å²) >= 11 is 0. The van der Waals surface area contributed by atoms with Crippen molar-refractivity contribution in [2.75, 3.05) is 10.6 Å². The van der Waals surface area contributed by atoms with Crippen molar-refractivity contribution in [3.05, 3.63) is 59.7 Å². The molecule has 0 atom stereocenters. The first-order valence-corrected chi connectivity index (χ1v) is 7.11. The number of amides is 1. The van der Waals surface area contributed by atoms with E-state index in [9.17, 15) is 18.0 Å². The highest BCUT2D eigenvalue weighted by molar-refractivity contribution is 6.04. The maximum Gasteiger partial charge on any atom is 0.416 e. The van der Waals surface area contributed by atoms with Gasteiger partial charge in [-0.15, -0.1) is 0 Å². The molecule has 6 heteroatoms. The molecule has 0 saturated heterocycles. The summed E-state index contributed by atoms with van der Waals surface area (Å²) in [6, 6.07) is 11.6. The van der Waals surface area contributed by atoms with E-state index in [-0.39, 0.29) is 11.6 Å². The zero-order chi connectivity index (χ0) is 17.0. The molecule has 0 saturated carbocycles. The van der Waals surface area contributed by atoms with E-state index in [1.165, 1.54) is 12.1 Å². The molecule has 23 heavy (non-hydrogen) atoms. The fourth-order valence-corrected chi connectivity index (χ4v) is 2.06. The summed E-state index contributed by atoms with van der Waals surface area (Å²) in [7, 11) is 0. The molecule has 122 valence electrons. The SMILES string of the molecule is CC(C)Nc1cccc(NC(=O)c2cccc(C(F)(F)F)c2)c1. The van der Waals surface area contributed by atoms with Crippen LogP contribution in [0, 0.1) is 0 Å². The Morgan fingerprint density at radius 3 is 2.30 bits per heavy atom. The second kappa shape index (κ2) is 6.73. The maximum absolute atomic E-state index is 12.7. The van der Waals surface area contributed by atoms with Crippen LogP contribution in [0.1, 0.15) is 29.8 Å².